The molecule has 6 N–H and O–H groups in total. The van der Waals surface area contributed by atoms with E-state index >= 15 is 0 Å². The van der Waals surface area contributed by atoms with Crippen molar-refractivity contribution < 1.29 is 23.1 Å². The lowest BCUT2D eigenvalue weighted by Crippen LogP contribution is -2.29. The summed E-state index contributed by atoms with van der Waals surface area (Å²) in [6.07, 6.45) is 0. The van der Waals surface area contributed by atoms with E-state index in [0.29, 0.717) is 16.9 Å². The predicted molar refractivity (Wildman–Crippen MR) is 104 cm³/mol. The molecule has 0 bridgehead atoms. The molecule has 2 rings (SSSR count). The molecular formula is C16H16N4O5S2. The fourth-order valence-corrected chi connectivity index (χ4v) is 2.74. The van der Waals surface area contributed by atoms with Gasteiger partial charge >= 0.3 is 5.97 Å². The number of amides is 1. The summed E-state index contributed by atoms with van der Waals surface area (Å²) in [4.78, 5) is 22.2. The number of carbonyl (C=O) groups is 2. The third-order valence-corrected chi connectivity index (χ3v) is 4.38. The largest absolute Gasteiger partial charge is 0.480 e. The summed E-state index contributed by atoms with van der Waals surface area (Å²) in [5, 5.41) is 21.9. The van der Waals surface area contributed by atoms with Crippen LogP contribution in [0.3, 0.4) is 0 Å². The Bertz CT molecular complexity index is 957. The summed E-state index contributed by atoms with van der Waals surface area (Å²) < 4.78 is 22.4. The molecule has 142 valence electrons. The molecule has 0 heterocycles. The first kappa shape index (κ1) is 20.3. The molecule has 0 saturated heterocycles. The average molecular weight is 408 g/mol. The van der Waals surface area contributed by atoms with Crippen LogP contribution in [0.15, 0.2) is 53.4 Å². The second-order valence-electron chi connectivity index (χ2n) is 5.30. The third kappa shape index (κ3) is 6.33. The fraction of sp³-hybridized carbons (Fsp3) is 0.0625. The quantitative estimate of drug-likeness (QED) is 0.443. The Morgan fingerprint density at radius 1 is 0.963 bits per heavy atom. The van der Waals surface area contributed by atoms with Gasteiger partial charge in [0.2, 0.25) is 10.0 Å². The van der Waals surface area contributed by atoms with Gasteiger partial charge in [-0.15, -0.1) is 0 Å². The van der Waals surface area contributed by atoms with Gasteiger partial charge in [-0.25, -0.2) is 13.6 Å². The number of primary sulfonamides is 1. The molecule has 27 heavy (non-hydrogen) atoms. The summed E-state index contributed by atoms with van der Waals surface area (Å²) in [6, 6.07) is 12.0. The number of benzene rings is 2. The highest BCUT2D eigenvalue weighted by Gasteiger charge is 2.09. The minimum atomic E-state index is -3.76. The van der Waals surface area contributed by atoms with Crippen LogP contribution in [-0.2, 0) is 14.8 Å². The molecule has 0 spiro atoms. The molecule has 0 fully saturated rings. The lowest BCUT2D eigenvalue weighted by Gasteiger charge is -2.11. The number of hydrogen-bond acceptors (Lipinski definition) is 5. The SMILES string of the molecule is NS(=O)(=O)c1ccc(NC(=S)Nc2ccc(C(=O)NCC(=O)O)cc2)cc1. The van der Waals surface area contributed by atoms with Crippen LogP contribution >= 0.6 is 12.2 Å². The van der Waals surface area contributed by atoms with Crippen LogP contribution in [0.2, 0.25) is 0 Å². The molecule has 1 amide bonds. The van der Waals surface area contributed by atoms with Gasteiger partial charge in [0.25, 0.3) is 5.91 Å². The molecule has 0 aromatic heterocycles. The molecule has 0 atom stereocenters. The number of aliphatic carboxylic acids is 1. The van der Waals surface area contributed by atoms with Gasteiger partial charge in [-0.1, -0.05) is 0 Å². The van der Waals surface area contributed by atoms with Crippen LogP contribution in [-0.4, -0.2) is 37.1 Å². The highest BCUT2D eigenvalue weighted by atomic mass is 32.2. The maximum Gasteiger partial charge on any atom is 0.322 e. The number of anilines is 2. The smallest absolute Gasteiger partial charge is 0.322 e. The number of rotatable bonds is 6. The van der Waals surface area contributed by atoms with E-state index in [2.05, 4.69) is 16.0 Å². The number of carbonyl (C=O) groups excluding carboxylic acids is 1. The molecule has 9 nitrogen and oxygen atoms in total. The van der Waals surface area contributed by atoms with Crippen LogP contribution in [0.5, 0.6) is 0 Å². The number of carboxylic acids is 1. The summed E-state index contributed by atoms with van der Waals surface area (Å²) in [5.41, 5.74) is 1.47. The van der Waals surface area contributed by atoms with Crippen molar-refractivity contribution in [2.24, 2.45) is 5.14 Å². The van der Waals surface area contributed by atoms with Crippen LogP contribution in [0.1, 0.15) is 10.4 Å². The molecule has 2 aromatic rings. The maximum absolute atomic E-state index is 11.7. The van der Waals surface area contributed by atoms with Gasteiger partial charge in [-0.3, -0.25) is 9.59 Å². The zero-order valence-corrected chi connectivity index (χ0v) is 15.4. The highest BCUT2D eigenvalue weighted by molar-refractivity contribution is 7.89. The van der Waals surface area contributed by atoms with Gasteiger partial charge in [0.05, 0.1) is 4.90 Å². The predicted octanol–water partition coefficient (Wildman–Crippen LogP) is 0.957. The second-order valence-corrected chi connectivity index (χ2v) is 7.27. The van der Waals surface area contributed by atoms with Crippen molar-refractivity contribution in [2.75, 3.05) is 17.2 Å². The van der Waals surface area contributed by atoms with Gasteiger partial charge in [-0.05, 0) is 60.7 Å². The van der Waals surface area contributed by atoms with Crippen molar-refractivity contribution in [3.63, 3.8) is 0 Å². The minimum Gasteiger partial charge on any atom is -0.480 e. The zero-order valence-electron chi connectivity index (χ0n) is 13.8. The molecule has 0 saturated carbocycles. The van der Waals surface area contributed by atoms with E-state index in [1.54, 1.807) is 12.1 Å². The topological polar surface area (TPSA) is 151 Å². The molecule has 0 aliphatic carbocycles. The number of sulfonamides is 1. The number of thiocarbonyl (C=S) groups is 1. The van der Waals surface area contributed by atoms with Crippen molar-refractivity contribution in [3.05, 3.63) is 54.1 Å². The number of hydrogen-bond donors (Lipinski definition) is 5. The molecule has 11 heteroatoms. The van der Waals surface area contributed by atoms with Gasteiger partial charge in [0.1, 0.15) is 6.54 Å². The lowest BCUT2D eigenvalue weighted by molar-refractivity contribution is -0.135. The van der Waals surface area contributed by atoms with Crippen LogP contribution < -0.4 is 21.1 Å². The maximum atomic E-state index is 11.7. The summed E-state index contributed by atoms with van der Waals surface area (Å²) in [6.45, 7) is -0.461. The van der Waals surface area contributed by atoms with Crippen molar-refractivity contribution in [3.8, 4) is 0 Å². The van der Waals surface area contributed by atoms with E-state index in [-0.39, 0.29) is 10.0 Å². The number of nitrogens with one attached hydrogen (secondary N) is 3. The first-order chi connectivity index (χ1) is 12.6. The fourth-order valence-electron chi connectivity index (χ4n) is 1.98. The van der Waals surface area contributed by atoms with Crippen molar-refractivity contribution >= 4 is 50.6 Å². The molecular weight excluding hydrogens is 392 g/mol. The minimum absolute atomic E-state index is 0.0105. The Morgan fingerprint density at radius 2 is 1.44 bits per heavy atom. The van der Waals surface area contributed by atoms with E-state index in [1.165, 1.54) is 36.4 Å². The molecule has 0 aliphatic rings. The Balaban J connectivity index is 1.94. The van der Waals surface area contributed by atoms with Crippen LogP contribution in [0.4, 0.5) is 11.4 Å². The first-order valence-electron chi connectivity index (χ1n) is 7.46. The van der Waals surface area contributed by atoms with Gasteiger partial charge < -0.3 is 21.1 Å². The molecule has 0 radical (unpaired) electrons. The number of carboxylic acid groups (broad SMARTS) is 1. The van der Waals surface area contributed by atoms with Crippen LogP contribution in [0.25, 0.3) is 0 Å². The monoisotopic (exact) mass is 408 g/mol. The second kappa shape index (κ2) is 8.58. The Morgan fingerprint density at radius 3 is 1.89 bits per heavy atom. The average Bonchev–Trinajstić information content (AvgIpc) is 2.60. The van der Waals surface area contributed by atoms with E-state index in [4.69, 9.17) is 22.5 Å². The van der Waals surface area contributed by atoms with Gasteiger partial charge in [-0.2, -0.15) is 0 Å². The summed E-state index contributed by atoms with van der Waals surface area (Å²) in [5.74, 6) is -1.63. The summed E-state index contributed by atoms with van der Waals surface area (Å²) in [7, 11) is -3.76. The van der Waals surface area contributed by atoms with E-state index in [0.717, 1.165) is 0 Å². The standard InChI is InChI=1S/C16H16N4O5S2/c17-27(24,25)13-7-5-12(6-8-13)20-16(26)19-11-3-1-10(2-4-11)15(23)18-9-14(21)22/h1-8H,9H2,(H,18,23)(H,21,22)(H2,17,24,25)(H2,19,20,26). The Hall–Kier alpha value is -3.02. The third-order valence-electron chi connectivity index (χ3n) is 3.25. The normalized spacial score (nSPS) is 10.7. The van der Waals surface area contributed by atoms with Gasteiger partial charge in [0.15, 0.2) is 5.11 Å². The Labute approximate surface area is 160 Å². The van der Waals surface area contributed by atoms with E-state index in [9.17, 15) is 18.0 Å². The van der Waals surface area contributed by atoms with Crippen molar-refractivity contribution in [1.82, 2.24) is 5.32 Å². The summed E-state index contributed by atoms with van der Waals surface area (Å²) >= 11 is 5.17. The zero-order chi connectivity index (χ0) is 20.0. The molecule has 2 aromatic carbocycles. The highest BCUT2D eigenvalue weighted by Crippen LogP contribution is 2.14. The Kier molecular flexibility index (Phi) is 6.45. The number of nitrogens with two attached hydrogens (primary N) is 1. The molecule has 0 aliphatic heterocycles. The molecule has 0 unspecified atom stereocenters. The van der Waals surface area contributed by atoms with Crippen molar-refractivity contribution in [1.29, 1.82) is 0 Å². The van der Waals surface area contributed by atoms with E-state index in [1.807, 2.05) is 0 Å². The van der Waals surface area contributed by atoms with Crippen LogP contribution in [0, 0.1) is 0 Å². The first-order valence-corrected chi connectivity index (χ1v) is 9.41. The lowest BCUT2D eigenvalue weighted by atomic mass is 10.2. The van der Waals surface area contributed by atoms with E-state index < -0.39 is 28.4 Å². The van der Waals surface area contributed by atoms with Gasteiger partial charge in [0, 0.05) is 16.9 Å². The van der Waals surface area contributed by atoms with Crippen molar-refractivity contribution in [2.45, 2.75) is 4.90 Å².